The van der Waals surface area contributed by atoms with Gasteiger partial charge in [0.25, 0.3) is 5.91 Å². The molecular weight excluding hydrogens is 260 g/mol. The smallest absolute Gasteiger partial charge is 0.258 e. The van der Waals surface area contributed by atoms with Crippen molar-refractivity contribution in [3.05, 3.63) is 65.7 Å². The number of rotatable bonds is 5. The highest BCUT2D eigenvalue weighted by Gasteiger charge is 2.28. The number of carbonyl (C=O) groups is 1. The molecule has 2 aromatic carbocycles. The predicted molar refractivity (Wildman–Crippen MR) is 85.2 cm³/mol. The van der Waals surface area contributed by atoms with Crippen LogP contribution in [-0.4, -0.2) is 12.5 Å². The van der Waals surface area contributed by atoms with Gasteiger partial charge in [0, 0.05) is 24.3 Å². The average molecular weight is 280 g/mol. The van der Waals surface area contributed by atoms with E-state index in [1.165, 1.54) is 12.8 Å². The van der Waals surface area contributed by atoms with Gasteiger partial charge in [-0.25, -0.2) is 0 Å². The van der Waals surface area contributed by atoms with Gasteiger partial charge in [0.15, 0.2) is 0 Å². The lowest BCUT2D eigenvalue weighted by atomic mass is 10.1. The molecule has 0 saturated heterocycles. The summed E-state index contributed by atoms with van der Waals surface area (Å²) in [6.45, 7) is 1.31. The molecule has 1 fully saturated rings. The van der Waals surface area contributed by atoms with E-state index in [-0.39, 0.29) is 5.91 Å². The van der Waals surface area contributed by atoms with E-state index in [9.17, 15) is 4.79 Å². The fourth-order valence-corrected chi connectivity index (χ4v) is 2.41. The van der Waals surface area contributed by atoms with Crippen molar-refractivity contribution in [2.75, 3.05) is 11.4 Å². The number of nitrogens with zero attached hydrogens (tertiary/aromatic N) is 1. The maximum Gasteiger partial charge on any atom is 0.258 e. The molecule has 0 radical (unpaired) electrons. The molecule has 3 heteroatoms. The number of carbonyl (C=O) groups excluding carboxylic acids is 1. The van der Waals surface area contributed by atoms with Gasteiger partial charge in [-0.1, -0.05) is 30.3 Å². The van der Waals surface area contributed by atoms with Gasteiger partial charge in [0.05, 0.1) is 0 Å². The van der Waals surface area contributed by atoms with Gasteiger partial charge in [-0.15, -0.1) is 0 Å². The van der Waals surface area contributed by atoms with Gasteiger partial charge >= 0.3 is 0 Å². The lowest BCUT2D eigenvalue weighted by Crippen LogP contribution is -2.32. The Bertz CT molecular complexity index is 603. The topological polar surface area (TPSA) is 46.3 Å². The van der Waals surface area contributed by atoms with E-state index in [0.29, 0.717) is 12.5 Å². The van der Waals surface area contributed by atoms with Gasteiger partial charge in [-0.3, -0.25) is 4.79 Å². The molecule has 3 nitrogen and oxygen atoms in total. The second kappa shape index (κ2) is 6.10. The van der Waals surface area contributed by atoms with Gasteiger partial charge < -0.3 is 10.6 Å². The van der Waals surface area contributed by atoms with Crippen LogP contribution in [0.4, 0.5) is 5.69 Å². The minimum Gasteiger partial charge on any atom is -0.326 e. The first kappa shape index (κ1) is 13.8. The molecule has 21 heavy (non-hydrogen) atoms. The van der Waals surface area contributed by atoms with E-state index in [1.807, 2.05) is 59.5 Å². The second-order valence-corrected chi connectivity index (χ2v) is 5.60. The van der Waals surface area contributed by atoms with Gasteiger partial charge in [0.2, 0.25) is 0 Å². The van der Waals surface area contributed by atoms with Crippen LogP contribution in [0.1, 0.15) is 28.8 Å². The molecule has 2 N–H and O–H groups in total. The van der Waals surface area contributed by atoms with E-state index in [2.05, 4.69) is 0 Å². The van der Waals surface area contributed by atoms with Crippen LogP contribution in [-0.2, 0) is 6.54 Å². The fraction of sp³-hybridized carbons (Fsp3) is 0.278. The van der Waals surface area contributed by atoms with Crippen LogP contribution in [0.15, 0.2) is 54.6 Å². The summed E-state index contributed by atoms with van der Waals surface area (Å²) in [5, 5.41) is 0. The Morgan fingerprint density at radius 1 is 1.05 bits per heavy atom. The van der Waals surface area contributed by atoms with Gasteiger partial charge in [-0.2, -0.15) is 0 Å². The number of benzene rings is 2. The molecule has 0 aliphatic heterocycles. The normalized spacial score (nSPS) is 14.0. The zero-order valence-corrected chi connectivity index (χ0v) is 12.0. The number of amides is 1. The number of nitrogens with two attached hydrogens (primary N) is 1. The average Bonchev–Trinajstić information content (AvgIpc) is 3.37. The highest BCUT2D eigenvalue weighted by Crippen LogP contribution is 2.32. The first-order chi connectivity index (χ1) is 10.3. The van der Waals surface area contributed by atoms with E-state index < -0.39 is 0 Å². The van der Waals surface area contributed by atoms with Crippen molar-refractivity contribution >= 4 is 11.6 Å². The molecule has 108 valence electrons. The molecule has 0 unspecified atom stereocenters. The van der Waals surface area contributed by atoms with E-state index in [1.54, 1.807) is 0 Å². The summed E-state index contributed by atoms with van der Waals surface area (Å²) in [7, 11) is 0. The summed E-state index contributed by atoms with van der Waals surface area (Å²) in [6.07, 6.45) is 2.45. The molecular formula is C18H20N2O. The van der Waals surface area contributed by atoms with Crippen LogP contribution in [0.25, 0.3) is 0 Å². The molecule has 0 heterocycles. The van der Waals surface area contributed by atoms with Crippen molar-refractivity contribution in [2.45, 2.75) is 19.4 Å². The summed E-state index contributed by atoms with van der Waals surface area (Å²) in [4.78, 5) is 14.7. The predicted octanol–water partition coefficient (Wildman–Crippen LogP) is 3.20. The standard InChI is InChI=1S/C18H20N2O/c19-12-14-8-10-16(11-9-14)18(21)20(13-15-6-7-15)17-4-2-1-3-5-17/h1-5,8-11,15H,6-7,12-13,19H2. The van der Waals surface area contributed by atoms with Crippen LogP contribution < -0.4 is 10.6 Å². The first-order valence-electron chi connectivity index (χ1n) is 7.44. The van der Waals surface area contributed by atoms with Crippen LogP contribution >= 0.6 is 0 Å². The Morgan fingerprint density at radius 3 is 2.29 bits per heavy atom. The van der Waals surface area contributed by atoms with Crippen LogP contribution in [0.2, 0.25) is 0 Å². The highest BCUT2D eigenvalue weighted by atomic mass is 16.2. The number of para-hydroxylation sites is 1. The monoisotopic (exact) mass is 280 g/mol. The lowest BCUT2D eigenvalue weighted by Gasteiger charge is -2.23. The molecule has 0 bridgehead atoms. The summed E-state index contributed by atoms with van der Waals surface area (Å²) < 4.78 is 0. The lowest BCUT2D eigenvalue weighted by molar-refractivity contribution is 0.0985. The minimum absolute atomic E-state index is 0.0664. The molecule has 1 aliphatic rings. The molecule has 2 aromatic rings. The van der Waals surface area contributed by atoms with Gasteiger partial charge in [-0.05, 0) is 48.6 Å². The van der Waals surface area contributed by atoms with E-state index in [0.717, 1.165) is 23.4 Å². The second-order valence-electron chi connectivity index (χ2n) is 5.60. The number of hydrogen-bond acceptors (Lipinski definition) is 2. The van der Waals surface area contributed by atoms with Gasteiger partial charge in [0.1, 0.15) is 0 Å². The maximum absolute atomic E-state index is 12.8. The molecule has 1 aliphatic carbocycles. The number of anilines is 1. The Hall–Kier alpha value is -2.13. The van der Waals surface area contributed by atoms with E-state index in [4.69, 9.17) is 5.73 Å². The molecule has 0 spiro atoms. The zero-order chi connectivity index (χ0) is 14.7. The van der Waals surface area contributed by atoms with Crippen LogP contribution in [0, 0.1) is 5.92 Å². The van der Waals surface area contributed by atoms with Crippen molar-refractivity contribution in [3.8, 4) is 0 Å². The third kappa shape index (κ3) is 3.31. The fourth-order valence-electron chi connectivity index (χ4n) is 2.41. The largest absolute Gasteiger partial charge is 0.326 e. The Morgan fingerprint density at radius 2 is 1.71 bits per heavy atom. The Kier molecular flexibility index (Phi) is 4.02. The number of hydrogen-bond donors (Lipinski definition) is 1. The third-order valence-electron chi connectivity index (χ3n) is 3.89. The molecule has 0 atom stereocenters. The van der Waals surface area contributed by atoms with Crippen molar-refractivity contribution in [1.82, 2.24) is 0 Å². The molecule has 3 rings (SSSR count). The Balaban J connectivity index is 1.85. The summed E-state index contributed by atoms with van der Waals surface area (Å²) >= 11 is 0. The highest BCUT2D eigenvalue weighted by molar-refractivity contribution is 6.06. The van der Waals surface area contributed by atoms with Crippen molar-refractivity contribution in [2.24, 2.45) is 11.7 Å². The van der Waals surface area contributed by atoms with Crippen LogP contribution in [0.5, 0.6) is 0 Å². The minimum atomic E-state index is 0.0664. The summed E-state index contributed by atoms with van der Waals surface area (Å²) in [6, 6.07) is 17.5. The summed E-state index contributed by atoms with van der Waals surface area (Å²) in [5.74, 6) is 0.717. The Labute approximate surface area is 125 Å². The van der Waals surface area contributed by atoms with Crippen molar-refractivity contribution in [1.29, 1.82) is 0 Å². The SMILES string of the molecule is NCc1ccc(C(=O)N(CC2CC2)c2ccccc2)cc1. The quantitative estimate of drug-likeness (QED) is 0.914. The third-order valence-corrected chi connectivity index (χ3v) is 3.89. The van der Waals surface area contributed by atoms with Crippen LogP contribution in [0.3, 0.4) is 0 Å². The summed E-state index contributed by atoms with van der Waals surface area (Å²) in [5.41, 5.74) is 8.34. The first-order valence-corrected chi connectivity index (χ1v) is 7.44. The molecule has 1 saturated carbocycles. The molecule has 0 aromatic heterocycles. The van der Waals surface area contributed by atoms with Crippen molar-refractivity contribution < 1.29 is 4.79 Å². The molecule has 1 amide bonds. The zero-order valence-electron chi connectivity index (χ0n) is 12.0. The van der Waals surface area contributed by atoms with E-state index >= 15 is 0 Å². The maximum atomic E-state index is 12.8. The van der Waals surface area contributed by atoms with Crippen molar-refractivity contribution in [3.63, 3.8) is 0 Å².